The molecule has 2 rings (SSSR count). The third kappa shape index (κ3) is 4.50. The first-order valence-corrected chi connectivity index (χ1v) is 7.03. The number of methoxy groups -OCH3 is 1. The van der Waals surface area contributed by atoms with Gasteiger partial charge in [0.15, 0.2) is 0 Å². The van der Waals surface area contributed by atoms with Crippen LogP contribution in [0.4, 0.5) is 8.78 Å². The minimum Gasteiger partial charge on any atom is -0.496 e. The van der Waals surface area contributed by atoms with Gasteiger partial charge in [0.25, 0.3) is 0 Å². The van der Waals surface area contributed by atoms with E-state index in [4.69, 9.17) is 4.74 Å². The van der Waals surface area contributed by atoms with Crippen molar-refractivity contribution in [2.24, 2.45) is 0 Å². The van der Waals surface area contributed by atoms with E-state index in [0.29, 0.717) is 17.4 Å². The highest BCUT2D eigenvalue weighted by atomic mass is 19.1. The van der Waals surface area contributed by atoms with Crippen molar-refractivity contribution in [2.75, 3.05) is 13.7 Å². The van der Waals surface area contributed by atoms with Crippen LogP contribution in [0.3, 0.4) is 0 Å². The van der Waals surface area contributed by atoms with E-state index in [1.165, 1.54) is 7.11 Å². The number of hydrogen-bond acceptors (Lipinski definition) is 3. The van der Waals surface area contributed by atoms with E-state index in [0.717, 1.165) is 12.1 Å². The predicted octanol–water partition coefficient (Wildman–Crippen LogP) is 2.37. The quantitative estimate of drug-likeness (QED) is 0.859. The molecule has 0 unspecified atom stereocenters. The zero-order valence-corrected chi connectivity index (χ0v) is 12.6. The Bertz CT molecular complexity index is 691. The number of amides is 1. The molecule has 2 aromatic rings. The van der Waals surface area contributed by atoms with Crippen LogP contribution >= 0.6 is 0 Å². The summed E-state index contributed by atoms with van der Waals surface area (Å²) in [5.74, 6) is -1.32. The molecular formula is C17H17F2NO3. The lowest BCUT2D eigenvalue weighted by Crippen LogP contribution is -2.30. The summed E-state index contributed by atoms with van der Waals surface area (Å²) in [7, 11) is 1.51. The predicted molar refractivity (Wildman–Crippen MR) is 81.0 cm³/mol. The maximum absolute atomic E-state index is 13.5. The maximum Gasteiger partial charge on any atom is 0.224 e. The largest absolute Gasteiger partial charge is 0.496 e. The van der Waals surface area contributed by atoms with Crippen molar-refractivity contribution in [3.63, 3.8) is 0 Å². The minimum absolute atomic E-state index is 0.0657. The molecule has 1 amide bonds. The molecule has 0 radical (unpaired) electrons. The third-order valence-corrected chi connectivity index (χ3v) is 3.36. The van der Waals surface area contributed by atoms with Gasteiger partial charge in [-0.3, -0.25) is 4.79 Å². The fraction of sp³-hybridized carbons (Fsp3) is 0.235. The number of benzene rings is 2. The number of aliphatic hydroxyl groups is 1. The van der Waals surface area contributed by atoms with Gasteiger partial charge in [-0.1, -0.05) is 24.3 Å². The molecule has 0 saturated carbocycles. The van der Waals surface area contributed by atoms with Gasteiger partial charge in [0, 0.05) is 23.7 Å². The number of carbonyl (C=O) groups is 1. The van der Waals surface area contributed by atoms with E-state index in [1.54, 1.807) is 24.3 Å². The summed E-state index contributed by atoms with van der Waals surface area (Å²) in [5.41, 5.74) is 0.638. The first-order valence-electron chi connectivity index (χ1n) is 7.03. The van der Waals surface area contributed by atoms with Crippen LogP contribution in [-0.4, -0.2) is 24.7 Å². The van der Waals surface area contributed by atoms with Crippen LogP contribution in [0.15, 0.2) is 42.5 Å². The monoisotopic (exact) mass is 321 g/mol. The molecule has 0 fully saturated rings. The zero-order valence-electron chi connectivity index (χ0n) is 12.6. The molecule has 0 spiro atoms. The van der Waals surface area contributed by atoms with Crippen LogP contribution in [0.25, 0.3) is 0 Å². The van der Waals surface area contributed by atoms with Crippen molar-refractivity contribution in [1.29, 1.82) is 0 Å². The van der Waals surface area contributed by atoms with Gasteiger partial charge in [0.2, 0.25) is 5.91 Å². The molecule has 1 atom stereocenters. The second kappa shape index (κ2) is 7.69. The van der Waals surface area contributed by atoms with Gasteiger partial charge < -0.3 is 15.2 Å². The van der Waals surface area contributed by atoms with Gasteiger partial charge in [-0.2, -0.15) is 0 Å². The van der Waals surface area contributed by atoms with E-state index in [-0.39, 0.29) is 24.4 Å². The lowest BCUT2D eigenvalue weighted by molar-refractivity contribution is -0.120. The number of halogens is 2. The van der Waals surface area contributed by atoms with Crippen molar-refractivity contribution in [2.45, 2.75) is 12.5 Å². The molecular weight excluding hydrogens is 304 g/mol. The third-order valence-electron chi connectivity index (χ3n) is 3.36. The van der Waals surface area contributed by atoms with E-state index in [9.17, 15) is 18.7 Å². The van der Waals surface area contributed by atoms with Crippen molar-refractivity contribution in [3.8, 4) is 5.75 Å². The maximum atomic E-state index is 13.5. The van der Waals surface area contributed by atoms with Gasteiger partial charge in [-0.05, 0) is 12.1 Å². The summed E-state index contributed by atoms with van der Waals surface area (Å²) in [6.07, 6.45) is -1.18. The molecule has 4 nitrogen and oxygen atoms in total. The Morgan fingerprint density at radius 1 is 1.26 bits per heavy atom. The standard InChI is InChI=1S/C17H17F2NO3/c1-23-16-5-3-2-4-11(16)8-17(22)20-10-15(21)13-7-6-12(18)9-14(13)19/h2-7,9,15,21H,8,10H2,1H3,(H,20,22)/t15-/m1/s1. The van der Waals surface area contributed by atoms with E-state index < -0.39 is 17.7 Å². The fourth-order valence-corrected chi connectivity index (χ4v) is 2.18. The summed E-state index contributed by atoms with van der Waals surface area (Å²) in [6, 6.07) is 9.98. The molecule has 0 heterocycles. The van der Waals surface area contributed by atoms with Crippen LogP contribution in [0, 0.1) is 11.6 Å². The Hall–Kier alpha value is -2.47. The number of carbonyl (C=O) groups excluding carboxylic acids is 1. The molecule has 0 bridgehead atoms. The summed E-state index contributed by atoms with van der Waals surface area (Å²) in [4.78, 5) is 11.9. The number of para-hydroxylation sites is 1. The molecule has 0 aliphatic heterocycles. The molecule has 0 aliphatic rings. The summed E-state index contributed by atoms with van der Waals surface area (Å²) >= 11 is 0. The topological polar surface area (TPSA) is 58.6 Å². The summed E-state index contributed by atoms with van der Waals surface area (Å²) in [6.45, 7) is -0.170. The second-order valence-corrected chi connectivity index (χ2v) is 4.97. The molecule has 2 N–H and O–H groups in total. The van der Waals surface area contributed by atoms with Gasteiger partial charge in [-0.15, -0.1) is 0 Å². The molecule has 122 valence electrons. The molecule has 23 heavy (non-hydrogen) atoms. The number of ether oxygens (including phenoxy) is 1. The average molecular weight is 321 g/mol. The Morgan fingerprint density at radius 3 is 2.70 bits per heavy atom. The number of rotatable bonds is 6. The molecule has 0 aromatic heterocycles. The highest BCUT2D eigenvalue weighted by Crippen LogP contribution is 2.19. The van der Waals surface area contributed by atoms with Crippen molar-refractivity contribution in [1.82, 2.24) is 5.32 Å². The van der Waals surface area contributed by atoms with Crippen molar-refractivity contribution >= 4 is 5.91 Å². The normalized spacial score (nSPS) is 11.8. The van der Waals surface area contributed by atoms with Crippen molar-refractivity contribution in [3.05, 3.63) is 65.2 Å². The van der Waals surface area contributed by atoms with Crippen LogP contribution in [0.1, 0.15) is 17.2 Å². The molecule has 0 aliphatic carbocycles. The van der Waals surface area contributed by atoms with Crippen LogP contribution < -0.4 is 10.1 Å². The van der Waals surface area contributed by atoms with E-state index in [1.807, 2.05) is 0 Å². The second-order valence-electron chi connectivity index (χ2n) is 4.97. The average Bonchev–Trinajstić information content (AvgIpc) is 2.53. The first kappa shape index (κ1) is 16.9. The lowest BCUT2D eigenvalue weighted by Gasteiger charge is -2.14. The Kier molecular flexibility index (Phi) is 5.65. The van der Waals surface area contributed by atoms with Gasteiger partial charge in [0.05, 0.1) is 19.6 Å². The summed E-state index contributed by atoms with van der Waals surface area (Å²) < 4.78 is 31.5. The molecule has 6 heteroatoms. The highest BCUT2D eigenvalue weighted by molar-refractivity contribution is 5.79. The first-order chi connectivity index (χ1) is 11.0. The van der Waals surface area contributed by atoms with Gasteiger partial charge in [-0.25, -0.2) is 8.78 Å². The molecule has 2 aromatic carbocycles. The van der Waals surface area contributed by atoms with Gasteiger partial charge >= 0.3 is 0 Å². The number of hydrogen-bond donors (Lipinski definition) is 2. The Balaban J connectivity index is 1.93. The smallest absolute Gasteiger partial charge is 0.224 e. The lowest BCUT2D eigenvalue weighted by atomic mass is 10.1. The van der Waals surface area contributed by atoms with Crippen LogP contribution in [0.2, 0.25) is 0 Å². The van der Waals surface area contributed by atoms with Crippen molar-refractivity contribution < 1.29 is 23.4 Å². The highest BCUT2D eigenvalue weighted by Gasteiger charge is 2.15. The SMILES string of the molecule is COc1ccccc1CC(=O)NC[C@@H](O)c1ccc(F)cc1F. The minimum atomic E-state index is -1.25. The number of aliphatic hydroxyl groups excluding tert-OH is 1. The Labute approximate surface area is 132 Å². The zero-order chi connectivity index (χ0) is 16.8. The Morgan fingerprint density at radius 2 is 2.00 bits per heavy atom. The van der Waals surface area contributed by atoms with Crippen LogP contribution in [-0.2, 0) is 11.2 Å². The molecule has 0 saturated heterocycles. The number of nitrogens with one attached hydrogen (secondary N) is 1. The van der Waals surface area contributed by atoms with Crippen LogP contribution in [0.5, 0.6) is 5.75 Å². The van der Waals surface area contributed by atoms with E-state index >= 15 is 0 Å². The fourth-order valence-electron chi connectivity index (χ4n) is 2.18. The van der Waals surface area contributed by atoms with E-state index in [2.05, 4.69) is 5.32 Å². The summed E-state index contributed by atoms with van der Waals surface area (Å²) in [5, 5.41) is 12.4. The van der Waals surface area contributed by atoms with Gasteiger partial charge in [0.1, 0.15) is 17.4 Å².